The summed E-state index contributed by atoms with van der Waals surface area (Å²) in [5.41, 5.74) is 7.37. The minimum Gasteiger partial charge on any atom is -0.389 e. The minimum absolute atomic E-state index is 0.171. The van der Waals surface area contributed by atoms with E-state index in [0.717, 1.165) is 23.6 Å². The predicted octanol–water partition coefficient (Wildman–Crippen LogP) is 1.73. The molecule has 1 aliphatic rings. The van der Waals surface area contributed by atoms with Crippen LogP contribution in [0.2, 0.25) is 0 Å². The van der Waals surface area contributed by atoms with Gasteiger partial charge in [0.1, 0.15) is 4.99 Å². The first-order valence-corrected chi connectivity index (χ1v) is 6.60. The molecule has 4 heteroatoms. The maximum atomic E-state index is 12.0. The van der Waals surface area contributed by atoms with Gasteiger partial charge in [-0.1, -0.05) is 36.5 Å². The molecule has 0 heterocycles. The standard InChI is InChI=1S/C14H18N2OS/c1-16(9-11-2-3-11)13(17)8-10-4-6-12(7-5-10)14(15)18/h4-7,11H,2-3,8-9H2,1H3,(H2,15,18). The Morgan fingerprint density at radius 3 is 2.50 bits per heavy atom. The number of rotatable bonds is 5. The summed E-state index contributed by atoms with van der Waals surface area (Å²) in [5.74, 6) is 0.904. The molecule has 1 aliphatic carbocycles. The number of likely N-dealkylation sites (N-methyl/N-ethyl adjacent to an activating group) is 1. The van der Waals surface area contributed by atoms with Crippen molar-refractivity contribution in [3.8, 4) is 0 Å². The van der Waals surface area contributed by atoms with Gasteiger partial charge in [0.05, 0.1) is 6.42 Å². The van der Waals surface area contributed by atoms with Gasteiger partial charge in [-0.2, -0.15) is 0 Å². The number of thiocarbonyl (C=S) groups is 1. The molecule has 0 unspecified atom stereocenters. The van der Waals surface area contributed by atoms with Crippen molar-refractivity contribution in [3.63, 3.8) is 0 Å². The van der Waals surface area contributed by atoms with Gasteiger partial charge < -0.3 is 10.6 Å². The second kappa shape index (κ2) is 5.48. The SMILES string of the molecule is CN(CC1CC1)C(=O)Cc1ccc(C(N)=S)cc1. The summed E-state index contributed by atoms with van der Waals surface area (Å²) in [6.07, 6.45) is 2.97. The van der Waals surface area contributed by atoms with Crippen LogP contribution in [0.3, 0.4) is 0 Å². The zero-order valence-electron chi connectivity index (χ0n) is 10.6. The van der Waals surface area contributed by atoms with Gasteiger partial charge in [0.25, 0.3) is 0 Å². The van der Waals surface area contributed by atoms with Gasteiger partial charge in [-0.3, -0.25) is 4.79 Å². The fourth-order valence-electron chi connectivity index (χ4n) is 1.89. The number of amides is 1. The van der Waals surface area contributed by atoms with Crippen molar-refractivity contribution in [2.45, 2.75) is 19.3 Å². The summed E-state index contributed by atoms with van der Waals surface area (Å²) >= 11 is 4.89. The summed E-state index contributed by atoms with van der Waals surface area (Å²) < 4.78 is 0. The molecule has 0 aliphatic heterocycles. The van der Waals surface area contributed by atoms with Crippen LogP contribution < -0.4 is 5.73 Å². The zero-order chi connectivity index (χ0) is 13.1. The third-order valence-corrected chi connectivity index (χ3v) is 3.48. The van der Waals surface area contributed by atoms with Crippen LogP contribution in [0.15, 0.2) is 24.3 Å². The molecule has 1 amide bonds. The van der Waals surface area contributed by atoms with E-state index < -0.39 is 0 Å². The Balaban J connectivity index is 1.91. The summed E-state index contributed by atoms with van der Waals surface area (Å²) in [6.45, 7) is 0.893. The van der Waals surface area contributed by atoms with Crippen LogP contribution in [-0.2, 0) is 11.2 Å². The molecule has 0 bridgehead atoms. The Kier molecular flexibility index (Phi) is 3.97. The fraction of sp³-hybridized carbons (Fsp3) is 0.429. The Hall–Kier alpha value is -1.42. The molecule has 1 aromatic carbocycles. The highest BCUT2D eigenvalue weighted by Gasteiger charge is 2.24. The highest BCUT2D eigenvalue weighted by atomic mass is 32.1. The average Bonchev–Trinajstić information content (AvgIpc) is 3.13. The lowest BCUT2D eigenvalue weighted by Crippen LogP contribution is -2.30. The van der Waals surface area contributed by atoms with E-state index in [1.54, 1.807) is 0 Å². The molecule has 1 aromatic rings. The molecular formula is C14H18N2OS. The van der Waals surface area contributed by atoms with Gasteiger partial charge in [0, 0.05) is 19.2 Å². The molecule has 2 N–H and O–H groups in total. The Labute approximate surface area is 113 Å². The predicted molar refractivity (Wildman–Crippen MR) is 76.4 cm³/mol. The van der Waals surface area contributed by atoms with E-state index in [-0.39, 0.29) is 5.91 Å². The summed E-state index contributed by atoms with van der Waals surface area (Å²) in [5, 5.41) is 0. The van der Waals surface area contributed by atoms with Gasteiger partial charge in [-0.05, 0) is 24.3 Å². The first-order chi connectivity index (χ1) is 8.56. The second-order valence-corrected chi connectivity index (χ2v) is 5.40. The molecule has 1 fully saturated rings. The largest absolute Gasteiger partial charge is 0.389 e. The highest BCUT2D eigenvalue weighted by molar-refractivity contribution is 7.80. The zero-order valence-corrected chi connectivity index (χ0v) is 11.4. The van der Waals surface area contributed by atoms with Gasteiger partial charge >= 0.3 is 0 Å². The van der Waals surface area contributed by atoms with E-state index in [0.29, 0.717) is 11.4 Å². The molecule has 0 radical (unpaired) electrons. The average molecular weight is 262 g/mol. The molecular weight excluding hydrogens is 244 g/mol. The first kappa shape index (κ1) is 13.0. The number of benzene rings is 1. The van der Waals surface area contributed by atoms with Crippen LogP contribution in [0.4, 0.5) is 0 Å². The molecule has 18 heavy (non-hydrogen) atoms. The molecule has 0 atom stereocenters. The van der Waals surface area contributed by atoms with Crippen LogP contribution in [0.5, 0.6) is 0 Å². The lowest BCUT2D eigenvalue weighted by Gasteiger charge is -2.16. The molecule has 96 valence electrons. The Bertz CT molecular complexity index is 451. The van der Waals surface area contributed by atoms with E-state index in [2.05, 4.69) is 0 Å². The Morgan fingerprint density at radius 1 is 1.39 bits per heavy atom. The van der Waals surface area contributed by atoms with E-state index >= 15 is 0 Å². The van der Waals surface area contributed by atoms with Crippen molar-refractivity contribution >= 4 is 23.1 Å². The maximum absolute atomic E-state index is 12.0. The minimum atomic E-state index is 0.171. The van der Waals surface area contributed by atoms with Gasteiger partial charge in [-0.25, -0.2) is 0 Å². The molecule has 3 nitrogen and oxygen atoms in total. The number of hydrogen-bond donors (Lipinski definition) is 1. The van der Waals surface area contributed by atoms with E-state index in [9.17, 15) is 4.79 Å². The molecule has 2 rings (SSSR count). The fourth-order valence-corrected chi connectivity index (χ4v) is 2.02. The van der Waals surface area contributed by atoms with Crippen molar-refractivity contribution < 1.29 is 4.79 Å². The third-order valence-electron chi connectivity index (χ3n) is 3.25. The van der Waals surface area contributed by atoms with E-state index in [1.807, 2.05) is 36.2 Å². The normalized spacial score (nSPS) is 14.3. The van der Waals surface area contributed by atoms with E-state index in [1.165, 1.54) is 12.8 Å². The van der Waals surface area contributed by atoms with Crippen LogP contribution in [0, 0.1) is 5.92 Å². The highest BCUT2D eigenvalue weighted by Crippen LogP contribution is 2.29. The monoisotopic (exact) mass is 262 g/mol. The first-order valence-electron chi connectivity index (χ1n) is 6.19. The molecule has 1 saturated carbocycles. The van der Waals surface area contributed by atoms with E-state index in [4.69, 9.17) is 18.0 Å². The smallest absolute Gasteiger partial charge is 0.226 e. The van der Waals surface area contributed by atoms with Gasteiger partial charge in [-0.15, -0.1) is 0 Å². The number of carbonyl (C=O) groups is 1. The van der Waals surface area contributed by atoms with Crippen LogP contribution in [-0.4, -0.2) is 29.4 Å². The molecule has 0 spiro atoms. The topological polar surface area (TPSA) is 46.3 Å². The Morgan fingerprint density at radius 2 is 2.00 bits per heavy atom. The van der Waals surface area contributed by atoms with Crippen molar-refractivity contribution in [2.75, 3.05) is 13.6 Å². The maximum Gasteiger partial charge on any atom is 0.226 e. The molecule has 0 aromatic heterocycles. The lowest BCUT2D eigenvalue weighted by molar-refractivity contribution is -0.129. The quantitative estimate of drug-likeness (QED) is 0.822. The van der Waals surface area contributed by atoms with Crippen LogP contribution in [0.25, 0.3) is 0 Å². The second-order valence-electron chi connectivity index (χ2n) is 4.96. The lowest BCUT2D eigenvalue weighted by atomic mass is 10.1. The molecule has 0 saturated heterocycles. The van der Waals surface area contributed by atoms with Crippen molar-refractivity contribution in [3.05, 3.63) is 35.4 Å². The number of carbonyl (C=O) groups excluding carboxylic acids is 1. The van der Waals surface area contributed by atoms with Crippen LogP contribution in [0.1, 0.15) is 24.0 Å². The van der Waals surface area contributed by atoms with Crippen molar-refractivity contribution in [1.29, 1.82) is 0 Å². The number of nitrogens with two attached hydrogens (primary N) is 1. The summed E-state index contributed by atoms with van der Waals surface area (Å²) in [4.78, 5) is 14.2. The third kappa shape index (κ3) is 3.53. The number of hydrogen-bond acceptors (Lipinski definition) is 2. The van der Waals surface area contributed by atoms with Crippen molar-refractivity contribution in [1.82, 2.24) is 4.90 Å². The number of nitrogens with zero attached hydrogens (tertiary/aromatic N) is 1. The van der Waals surface area contributed by atoms with Crippen LogP contribution >= 0.6 is 12.2 Å². The summed E-state index contributed by atoms with van der Waals surface area (Å²) in [6, 6.07) is 7.56. The van der Waals surface area contributed by atoms with Crippen molar-refractivity contribution in [2.24, 2.45) is 11.7 Å². The summed E-state index contributed by atoms with van der Waals surface area (Å²) in [7, 11) is 1.88. The van der Waals surface area contributed by atoms with Gasteiger partial charge in [0.2, 0.25) is 5.91 Å². The van der Waals surface area contributed by atoms with Gasteiger partial charge in [0.15, 0.2) is 0 Å².